The normalized spacial score (nSPS) is 21.3. The van der Waals surface area contributed by atoms with Crippen LogP contribution in [0.2, 0.25) is 5.02 Å². The van der Waals surface area contributed by atoms with E-state index in [1.807, 2.05) is 18.2 Å². The summed E-state index contributed by atoms with van der Waals surface area (Å²) in [6.07, 6.45) is 1.18. The van der Waals surface area contributed by atoms with Crippen molar-refractivity contribution in [2.75, 3.05) is 26.4 Å². The highest BCUT2D eigenvalue weighted by atomic mass is 35.5. The van der Waals surface area contributed by atoms with Crippen molar-refractivity contribution in [3.8, 4) is 0 Å². The number of ketones is 1. The third-order valence-electron chi connectivity index (χ3n) is 5.91. The molecule has 3 N–H and O–H groups in total. The smallest absolute Gasteiger partial charge is 0.336 e. The lowest BCUT2D eigenvalue weighted by Crippen LogP contribution is -2.39. The van der Waals surface area contributed by atoms with E-state index in [-0.39, 0.29) is 24.9 Å². The average Bonchev–Trinajstić information content (AvgIpc) is 2.73. The van der Waals surface area contributed by atoms with Crippen molar-refractivity contribution in [3.05, 3.63) is 57.4 Å². The van der Waals surface area contributed by atoms with Gasteiger partial charge in [0.15, 0.2) is 5.78 Å². The molecule has 0 amide bonds. The van der Waals surface area contributed by atoms with Crippen LogP contribution in [0.4, 0.5) is 0 Å². The van der Waals surface area contributed by atoms with Gasteiger partial charge in [0.2, 0.25) is 0 Å². The number of hydrogen-bond acceptors (Lipinski definition) is 6. The average molecular weight is 447 g/mol. The fraction of sp³-hybridized carbons (Fsp3) is 0.500. The second kappa shape index (κ2) is 10.4. The molecule has 31 heavy (non-hydrogen) atoms. The topological polar surface area (TPSA) is 90.7 Å². The molecule has 0 saturated carbocycles. The van der Waals surface area contributed by atoms with Crippen LogP contribution < -0.4 is 11.1 Å². The van der Waals surface area contributed by atoms with Crippen LogP contribution in [0, 0.1) is 11.8 Å². The standard InChI is InChI=1S/C24H31ClN2O4/c1-4-31-24(29)23-19(13-30-10-9-26)27-18-11-15(14(2)3)12-20(28)22(18)21(23)16-7-5-6-8-17(16)25/h5-8,14-15,21,27H,4,9-13,26H2,1-3H3. The number of hydrogen-bond donors (Lipinski definition) is 2. The summed E-state index contributed by atoms with van der Waals surface area (Å²) in [5.41, 5.74) is 8.73. The van der Waals surface area contributed by atoms with E-state index in [4.69, 9.17) is 26.8 Å². The molecular formula is C24H31ClN2O4. The Labute approximate surface area is 188 Å². The van der Waals surface area contributed by atoms with Crippen LogP contribution in [0.5, 0.6) is 0 Å². The van der Waals surface area contributed by atoms with Crippen molar-refractivity contribution in [1.82, 2.24) is 5.32 Å². The van der Waals surface area contributed by atoms with Crippen LogP contribution in [0.25, 0.3) is 0 Å². The van der Waals surface area contributed by atoms with E-state index in [2.05, 4.69) is 19.2 Å². The van der Waals surface area contributed by atoms with Gasteiger partial charge in [0.05, 0.1) is 31.1 Å². The van der Waals surface area contributed by atoms with Gasteiger partial charge in [0.25, 0.3) is 0 Å². The van der Waals surface area contributed by atoms with Crippen molar-refractivity contribution >= 4 is 23.4 Å². The Kier molecular flexibility index (Phi) is 7.92. The number of dihydropyridines is 1. The number of rotatable bonds is 8. The molecule has 0 bridgehead atoms. The summed E-state index contributed by atoms with van der Waals surface area (Å²) in [4.78, 5) is 26.5. The number of carbonyl (C=O) groups is 2. The summed E-state index contributed by atoms with van der Waals surface area (Å²) in [7, 11) is 0. The highest BCUT2D eigenvalue weighted by Crippen LogP contribution is 2.46. The Morgan fingerprint density at radius 3 is 2.68 bits per heavy atom. The van der Waals surface area contributed by atoms with Crippen LogP contribution in [-0.2, 0) is 19.1 Å². The van der Waals surface area contributed by atoms with Gasteiger partial charge < -0.3 is 20.5 Å². The zero-order valence-corrected chi connectivity index (χ0v) is 19.1. The van der Waals surface area contributed by atoms with E-state index in [0.717, 1.165) is 12.1 Å². The maximum Gasteiger partial charge on any atom is 0.336 e. The van der Waals surface area contributed by atoms with Crippen molar-refractivity contribution in [2.24, 2.45) is 17.6 Å². The first kappa shape index (κ1) is 23.5. The molecule has 3 rings (SSSR count). The second-order valence-corrected chi connectivity index (χ2v) is 8.67. The predicted molar refractivity (Wildman–Crippen MR) is 120 cm³/mol. The monoisotopic (exact) mass is 446 g/mol. The Hall–Kier alpha value is -2.15. The van der Waals surface area contributed by atoms with Crippen molar-refractivity contribution in [2.45, 2.75) is 39.5 Å². The van der Waals surface area contributed by atoms with E-state index >= 15 is 0 Å². The zero-order valence-electron chi connectivity index (χ0n) is 18.4. The molecule has 0 saturated heterocycles. The number of carbonyl (C=O) groups excluding carboxylic acids is 2. The van der Waals surface area contributed by atoms with Gasteiger partial charge in [-0.2, -0.15) is 0 Å². The summed E-state index contributed by atoms with van der Waals surface area (Å²) in [5.74, 6) is -0.425. The fourth-order valence-corrected chi connectivity index (χ4v) is 4.54. The first-order valence-electron chi connectivity index (χ1n) is 10.8. The maximum absolute atomic E-state index is 13.4. The molecule has 2 unspecified atom stereocenters. The molecule has 1 heterocycles. The van der Waals surface area contributed by atoms with Crippen LogP contribution in [0.1, 0.15) is 45.1 Å². The summed E-state index contributed by atoms with van der Waals surface area (Å²) < 4.78 is 11.1. The largest absolute Gasteiger partial charge is 0.463 e. The van der Waals surface area contributed by atoms with E-state index in [9.17, 15) is 9.59 Å². The molecule has 6 nitrogen and oxygen atoms in total. The minimum absolute atomic E-state index is 0.0427. The molecule has 168 valence electrons. The molecular weight excluding hydrogens is 416 g/mol. The van der Waals surface area contributed by atoms with Crippen LogP contribution >= 0.6 is 11.6 Å². The quantitative estimate of drug-likeness (QED) is 0.467. The lowest BCUT2D eigenvalue weighted by molar-refractivity contribution is -0.139. The number of esters is 1. The number of benzene rings is 1. The number of ether oxygens (including phenoxy) is 2. The van der Waals surface area contributed by atoms with Gasteiger partial charge in [-0.1, -0.05) is 43.6 Å². The fourth-order valence-electron chi connectivity index (χ4n) is 4.30. The van der Waals surface area contributed by atoms with Gasteiger partial charge in [-0.3, -0.25) is 4.79 Å². The number of allylic oxidation sites excluding steroid dienone is 2. The molecule has 1 aromatic rings. The summed E-state index contributed by atoms with van der Waals surface area (Å²) in [6.45, 7) is 7.14. The molecule has 1 aromatic carbocycles. The van der Waals surface area contributed by atoms with Crippen LogP contribution in [0.15, 0.2) is 46.8 Å². The SMILES string of the molecule is CCOC(=O)C1=C(COCCN)NC2=C(C(=O)CC(C(C)C)C2)C1c1ccccc1Cl. The molecule has 2 aliphatic rings. The number of halogens is 1. The van der Waals surface area contributed by atoms with Gasteiger partial charge in [-0.05, 0) is 36.8 Å². The predicted octanol–water partition coefficient (Wildman–Crippen LogP) is 3.71. The molecule has 1 aliphatic carbocycles. The first-order valence-corrected chi connectivity index (χ1v) is 11.2. The van der Waals surface area contributed by atoms with E-state index in [1.54, 1.807) is 13.0 Å². The summed E-state index contributed by atoms with van der Waals surface area (Å²) >= 11 is 6.56. The maximum atomic E-state index is 13.4. The first-order chi connectivity index (χ1) is 14.9. The summed E-state index contributed by atoms with van der Waals surface area (Å²) in [6, 6.07) is 7.33. The van der Waals surface area contributed by atoms with E-state index in [1.165, 1.54) is 0 Å². The Morgan fingerprint density at radius 2 is 2.03 bits per heavy atom. The molecule has 0 aromatic heterocycles. The molecule has 2 atom stereocenters. The highest BCUT2D eigenvalue weighted by Gasteiger charge is 2.42. The number of nitrogens with two attached hydrogens (primary N) is 1. The zero-order chi connectivity index (χ0) is 22.5. The van der Waals surface area contributed by atoms with Gasteiger partial charge >= 0.3 is 5.97 Å². The molecule has 7 heteroatoms. The number of Topliss-reactive ketones (excluding diaryl/α,β-unsaturated/α-hetero) is 1. The van der Waals surface area contributed by atoms with Crippen LogP contribution in [-0.4, -0.2) is 38.1 Å². The van der Waals surface area contributed by atoms with Gasteiger partial charge in [-0.25, -0.2) is 4.79 Å². The van der Waals surface area contributed by atoms with E-state index in [0.29, 0.717) is 52.9 Å². The minimum Gasteiger partial charge on any atom is -0.463 e. The Bertz CT molecular complexity index is 907. The Morgan fingerprint density at radius 1 is 1.29 bits per heavy atom. The van der Waals surface area contributed by atoms with Crippen molar-refractivity contribution in [3.63, 3.8) is 0 Å². The van der Waals surface area contributed by atoms with Gasteiger partial charge in [-0.15, -0.1) is 0 Å². The molecule has 0 fully saturated rings. The number of nitrogens with one attached hydrogen (secondary N) is 1. The molecule has 1 aliphatic heterocycles. The van der Waals surface area contributed by atoms with E-state index < -0.39 is 11.9 Å². The van der Waals surface area contributed by atoms with Gasteiger partial charge in [0.1, 0.15) is 0 Å². The third kappa shape index (κ3) is 5.03. The molecule has 0 radical (unpaired) electrons. The van der Waals surface area contributed by atoms with Crippen molar-refractivity contribution < 1.29 is 19.1 Å². The lowest BCUT2D eigenvalue weighted by atomic mass is 9.71. The summed E-state index contributed by atoms with van der Waals surface area (Å²) in [5, 5.41) is 3.87. The molecule has 0 spiro atoms. The van der Waals surface area contributed by atoms with Gasteiger partial charge in [0, 0.05) is 35.2 Å². The highest BCUT2D eigenvalue weighted by molar-refractivity contribution is 6.31. The van der Waals surface area contributed by atoms with Crippen molar-refractivity contribution in [1.29, 1.82) is 0 Å². The third-order valence-corrected chi connectivity index (χ3v) is 6.25. The Balaban J connectivity index is 2.17. The minimum atomic E-state index is -0.596. The second-order valence-electron chi connectivity index (χ2n) is 8.26. The lowest BCUT2D eigenvalue weighted by Gasteiger charge is -2.38. The van der Waals surface area contributed by atoms with Crippen LogP contribution in [0.3, 0.4) is 0 Å².